The van der Waals surface area contributed by atoms with Gasteiger partial charge in [-0.05, 0) is 48.7 Å². The van der Waals surface area contributed by atoms with Crippen molar-refractivity contribution in [2.75, 3.05) is 20.2 Å². The van der Waals surface area contributed by atoms with Crippen LogP contribution < -0.4 is 10.2 Å². The Kier molecular flexibility index (Phi) is 6.53. The van der Waals surface area contributed by atoms with E-state index in [2.05, 4.69) is 4.99 Å². The number of benzene rings is 2. The molecule has 1 amide bonds. The van der Waals surface area contributed by atoms with Crippen LogP contribution in [0.1, 0.15) is 28.8 Å². The van der Waals surface area contributed by atoms with E-state index in [9.17, 15) is 13.2 Å². The van der Waals surface area contributed by atoms with Gasteiger partial charge < -0.3 is 9.30 Å². The third-order valence-electron chi connectivity index (χ3n) is 5.42. The van der Waals surface area contributed by atoms with E-state index in [4.69, 9.17) is 4.74 Å². The molecular formula is C24H25N3O4S. The number of methoxy groups -OCH3 is 1. The number of carbonyl (C=O) groups excluding carboxylic acids is 1. The molecule has 0 spiro atoms. The van der Waals surface area contributed by atoms with Crippen molar-refractivity contribution in [2.45, 2.75) is 24.3 Å². The summed E-state index contributed by atoms with van der Waals surface area (Å²) in [7, 11) is -2.33. The molecule has 1 fully saturated rings. The molecule has 166 valence electrons. The van der Waals surface area contributed by atoms with Crippen molar-refractivity contribution in [3.63, 3.8) is 0 Å². The van der Waals surface area contributed by atoms with Crippen LogP contribution in [0.15, 0.2) is 82.8 Å². The highest BCUT2D eigenvalue weighted by molar-refractivity contribution is 7.89. The van der Waals surface area contributed by atoms with Crippen molar-refractivity contribution in [3.05, 3.63) is 89.5 Å². The first kappa shape index (κ1) is 22.0. The molecule has 1 aliphatic heterocycles. The van der Waals surface area contributed by atoms with Gasteiger partial charge in [-0.25, -0.2) is 8.42 Å². The molecular weight excluding hydrogens is 426 g/mol. The zero-order chi connectivity index (χ0) is 22.6. The van der Waals surface area contributed by atoms with Gasteiger partial charge in [0.25, 0.3) is 5.91 Å². The fourth-order valence-corrected chi connectivity index (χ4v) is 5.43. The van der Waals surface area contributed by atoms with E-state index in [1.165, 1.54) is 29.6 Å². The number of sulfonamides is 1. The minimum absolute atomic E-state index is 0.00632. The average molecular weight is 452 g/mol. The van der Waals surface area contributed by atoms with E-state index in [-0.39, 0.29) is 16.2 Å². The third-order valence-corrected chi connectivity index (χ3v) is 7.34. The molecule has 1 saturated heterocycles. The Hall–Kier alpha value is -3.23. The lowest BCUT2D eigenvalue weighted by molar-refractivity contribution is 0.0997. The van der Waals surface area contributed by atoms with Crippen molar-refractivity contribution in [1.29, 1.82) is 0 Å². The predicted octanol–water partition coefficient (Wildman–Crippen LogP) is 3.07. The van der Waals surface area contributed by atoms with E-state index >= 15 is 0 Å². The molecule has 0 aliphatic carbocycles. The quantitative estimate of drug-likeness (QED) is 0.577. The Morgan fingerprint density at radius 2 is 1.72 bits per heavy atom. The highest BCUT2D eigenvalue weighted by Crippen LogP contribution is 2.30. The number of hydrogen-bond donors (Lipinski definition) is 0. The second-order valence-corrected chi connectivity index (χ2v) is 9.47. The Labute approximate surface area is 187 Å². The fraction of sp³-hybridized carbons (Fsp3) is 0.250. The average Bonchev–Trinajstić information content (AvgIpc) is 3.36. The van der Waals surface area contributed by atoms with Gasteiger partial charge in [-0.15, -0.1) is 0 Å². The van der Waals surface area contributed by atoms with Crippen LogP contribution in [0.4, 0.5) is 0 Å². The summed E-state index contributed by atoms with van der Waals surface area (Å²) in [6.45, 7) is 1.50. The number of carbonyl (C=O) groups is 1. The topological polar surface area (TPSA) is 81.0 Å². The number of nitrogens with zero attached hydrogens (tertiary/aromatic N) is 3. The molecule has 8 heteroatoms. The molecule has 0 bridgehead atoms. The minimum atomic E-state index is -3.75. The van der Waals surface area contributed by atoms with Crippen LogP contribution >= 0.6 is 0 Å². The summed E-state index contributed by atoms with van der Waals surface area (Å²) in [5.74, 6) is -0.300. The first-order valence-electron chi connectivity index (χ1n) is 10.5. The van der Waals surface area contributed by atoms with Crippen LogP contribution in [0.2, 0.25) is 0 Å². The van der Waals surface area contributed by atoms with E-state index in [1.807, 2.05) is 53.2 Å². The second kappa shape index (κ2) is 9.50. The molecule has 3 aromatic rings. The number of rotatable bonds is 6. The maximum atomic E-state index is 13.1. The van der Waals surface area contributed by atoms with Crippen LogP contribution in [-0.4, -0.2) is 43.4 Å². The first-order chi connectivity index (χ1) is 15.5. The van der Waals surface area contributed by atoms with Gasteiger partial charge in [0.15, 0.2) is 0 Å². The maximum Gasteiger partial charge on any atom is 0.278 e. The normalized spacial score (nSPS) is 15.1. The van der Waals surface area contributed by atoms with Crippen LogP contribution in [-0.2, 0) is 16.6 Å². The summed E-state index contributed by atoms with van der Waals surface area (Å²) in [5, 5.41) is 0. The lowest BCUT2D eigenvalue weighted by Crippen LogP contribution is -2.28. The van der Waals surface area contributed by atoms with Crippen LogP contribution in [0.5, 0.6) is 5.75 Å². The number of amides is 1. The van der Waals surface area contributed by atoms with Crippen molar-refractivity contribution < 1.29 is 17.9 Å². The molecule has 0 N–H and O–H groups in total. The van der Waals surface area contributed by atoms with Gasteiger partial charge in [0, 0.05) is 31.4 Å². The predicted molar refractivity (Wildman–Crippen MR) is 121 cm³/mol. The van der Waals surface area contributed by atoms with E-state index < -0.39 is 15.9 Å². The highest BCUT2D eigenvalue weighted by Gasteiger charge is 2.30. The first-order valence-corrected chi connectivity index (χ1v) is 11.9. The lowest BCUT2D eigenvalue weighted by atomic mass is 10.2. The smallest absolute Gasteiger partial charge is 0.278 e. The molecule has 0 saturated carbocycles. The summed E-state index contributed by atoms with van der Waals surface area (Å²) in [6.07, 6.45) is 3.51. The monoisotopic (exact) mass is 451 g/mol. The zero-order valence-corrected chi connectivity index (χ0v) is 18.7. The van der Waals surface area contributed by atoms with Gasteiger partial charge in [-0.2, -0.15) is 9.30 Å². The van der Waals surface area contributed by atoms with E-state index in [0.29, 0.717) is 25.1 Å². The molecule has 7 nitrogen and oxygen atoms in total. The van der Waals surface area contributed by atoms with Gasteiger partial charge in [-0.1, -0.05) is 36.4 Å². The highest BCUT2D eigenvalue weighted by atomic mass is 32.2. The summed E-state index contributed by atoms with van der Waals surface area (Å²) < 4.78 is 34.8. The summed E-state index contributed by atoms with van der Waals surface area (Å²) in [4.78, 5) is 17.3. The molecule has 2 aromatic carbocycles. The largest absolute Gasteiger partial charge is 0.495 e. The summed E-state index contributed by atoms with van der Waals surface area (Å²) in [5.41, 5.74) is 1.76. The van der Waals surface area contributed by atoms with Crippen molar-refractivity contribution in [1.82, 2.24) is 8.87 Å². The van der Waals surface area contributed by atoms with E-state index in [0.717, 1.165) is 18.4 Å². The third kappa shape index (κ3) is 4.66. The van der Waals surface area contributed by atoms with Gasteiger partial charge in [0.2, 0.25) is 10.0 Å². The Bertz CT molecular complexity index is 1280. The van der Waals surface area contributed by atoms with Gasteiger partial charge in [-0.3, -0.25) is 4.79 Å². The number of hydrogen-bond acceptors (Lipinski definition) is 4. The fourth-order valence-electron chi connectivity index (χ4n) is 3.73. The number of ether oxygens (including phenoxy) is 1. The lowest BCUT2D eigenvalue weighted by Gasteiger charge is -2.18. The molecule has 1 aromatic heterocycles. The standard InChI is InChI=1S/C24H25N3O4S/c1-31-21-13-12-20(17-22(21)32(29,30)27-15-7-8-16-27)24(28)25-23-11-5-6-14-26(23)18-19-9-3-2-4-10-19/h2-6,9-14,17H,7-8,15-16,18H2,1H3. The molecule has 0 unspecified atom stereocenters. The van der Waals surface area contributed by atoms with Gasteiger partial charge in [0.1, 0.15) is 16.1 Å². The zero-order valence-electron chi connectivity index (χ0n) is 17.8. The van der Waals surface area contributed by atoms with Gasteiger partial charge in [0.05, 0.1) is 7.11 Å². The number of pyridine rings is 1. The minimum Gasteiger partial charge on any atom is -0.495 e. The molecule has 1 aliphatic rings. The van der Waals surface area contributed by atoms with Crippen molar-refractivity contribution >= 4 is 15.9 Å². The Morgan fingerprint density at radius 1 is 1.00 bits per heavy atom. The van der Waals surface area contributed by atoms with E-state index in [1.54, 1.807) is 6.07 Å². The molecule has 0 atom stereocenters. The van der Waals surface area contributed by atoms with Crippen LogP contribution in [0.25, 0.3) is 0 Å². The van der Waals surface area contributed by atoms with Crippen molar-refractivity contribution in [3.8, 4) is 5.75 Å². The SMILES string of the molecule is COc1ccc(C(=O)N=c2ccccn2Cc2ccccc2)cc1S(=O)(=O)N1CCCC1. The summed E-state index contributed by atoms with van der Waals surface area (Å²) in [6, 6.07) is 19.7. The molecule has 2 heterocycles. The van der Waals surface area contributed by atoms with Crippen molar-refractivity contribution in [2.24, 2.45) is 4.99 Å². The molecule has 32 heavy (non-hydrogen) atoms. The summed E-state index contributed by atoms with van der Waals surface area (Å²) >= 11 is 0. The van der Waals surface area contributed by atoms with Crippen LogP contribution in [0, 0.1) is 0 Å². The number of aromatic nitrogens is 1. The maximum absolute atomic E-state index is 13.1. The molecule has 4 rings (SSSR count). The van der Waals surface area contributed by atoms with Crippen LogP contribution in [0.3, 0.4) is 0 Å². The Balaban J connectivity index is 1.70. The van der Waals surface area contributed by atoms with Gasteiger partial charge >= 0.3 is 0 Å². The second-order valence-electron chi connectivity index (χ2n) is 7.57. The Morgan fingerprint density at radius 3 is 2.44 bits per heavy atom. The molecule has 0 radical (unpaired) electrons.